The first kappa shape index (κ1) is 45.9. The van der Waals surface area contributed by atoms with Crippen molar-refractivity contribution < 1.29 is 32.3 Å². The molecule has 346 valence electrons. The number of ether oxygens (including phenoxy) is 2. The van der Waals surface area contributed by atoms with Crippen LogP contribution in [-0.2, 0) is 39.0 Å². The number of hydrogen-bond donors (Lipinski definition) is 4. The Morgan fingerprint density at radius 2 is 1.71 bits per heavy atom. The molecule has 1 unspecified atom stereocenters. The summed E-state index contributed by atoms with van der Waals surface area (Å²) in [6.45, 7) is 11.6. The first-order chi connectivity index (χ1) is 31.3. The number of carbonyl (C=O) groups is 3. The molecular weight excluding hydrogens is 872 g/mol. The molecule has 0 bridgehead atoms. The Morgan fingerprint density at radius 1 is 0.923 bits per heavy atom. The molecule has 0 radical (unpaired) electrons. The van der Waals surface area contributed by atoms with Crippen molar-refractivity contribution in [3.8, 4) is 11.5 Å². The number of nitrogens with zero attached hydrogens (tertiary/aromatic N) is 6. The summed E-state index contributed by atoms with van der Waals surface area (Å²) >= 11 is 6.55. The van der Waals surface area contributed by atoms with Gasteiger partial charge < -0.3 is 34.8 Å². The number of para-hydroxylation sites is 1. The molecular formula is C46H57ClN10O7S. The highest BCUT2D eigenvalue weighted by atomic mass is 35.5. The smallest absolute Gasteiger partial charge is 0.255 e. The van der Waals surface area contributed by atoms with Gasteiger partial charge in [0.05, 0.1) is 37.5 Å². The van der Waals surface area contributed by atoms with Crippen molar-refractivity contribution in [3.63, 3.8) is 0 Å². The zero-order valence-corrected chi connectivity index (χ0v) is 38.9. The number of methoxy groups -OCH3 is 1. The molecule has 3 amide bonds. The van der Waals surface area contributed by atoms with E-state index in [2.05, 4.69) is 70.5 Å². The Balaban J connectivity index is 0.845. The molecule has 17 nitrogen and oxygen atoms in total. The van der Waals surface area contributed by atoms with Crippen LogP contribution in [0.15, 0.2) is 54.7 Å². The summed E-state index contributed by atoms with van der Waals surface area (Å²) in [7, 11) is -1.99. The van der Waals surface area contributed by atoms with Crippen molar-refractivity contribution in [1.29, 1.82) is 0 Å². The van der Waals surface area contributed by atoms with Crippen molar-refractivity contribution in [3.05, 3.63) is 82.0 Å². The van der Waals surface area contributed by atoms with Gasteiger partial charge in [-0.15, -0.1) is 0 Å². The molecule has 65 heavy (non-hydrogen) atoms. The van der Waals surface area contributed by atoms with Gasteiger partial charge in [0.2, 0.25) is 27.8 Å². The van der Waals surface area contributed by atoms with Gasteiger partial charge in [0, 0.05) is 82.1 Å². The number of halogens is 1. The second-order valence-corrected chi connectivity index (χ2v) is 19.1. The first-order valence-electron chi connectivity index (χ1n) is 22.3. The fraction of sp³-hybridized carbons (Fsp3) is 0.457. The summed E-state index contributed by atoms with van der Waals surface area (Å²) in [5, 5.41) is 9.08. The summed E-state index contributed by atoms with van der Waals surface area (Å²) in [6, 6.07) is 15.3. The summed E-state index contributed by atoms with van der Waals surface area (Å²) in [5.41, 5.74) is 6.45. The standard InChI is InChI=1S/C46H57ClN10O7S/c1-5-30-25-36(50-46-48-27-34(47)43(52-46)49-35-8-7-9-39(64-6-2)42(35)53-65(4,61)62)40(63-3)26-38(30)56-18-15-32(16-19-56)55-22-20-54(21-23-55)17-14-29-10-11-33-31(24-29)28-57(45(33)60)37-12-13-41(58)51-44(37)59/h7-11,24-27,32,37,53H,5-6,12-23,28H2,1-4H3,(H,51,58,59)(H2,48,49,50,52). The summed E-state index contributed by atoms with van der Waals surface area (Å²) < 4.78 is 38.6. The maximum absolute atomic E-state index is 13.1. The minimum absolute atomic E-state index is 0.139. The molecule has 0 spiro atoms. The van der Waals surface area contributed by atoms with Crippen molar-refractivity contribution in [2.45, 2.75) is 71.0 Å². The van der Waals surface area contributed by atoms with Gasteiger partial charge in [-0.25, -0.2) is 13.4 Å². The predicted molar refractivity (Wildman–Crippen MR) is 251 cm³/mol. The van der Waals surface area contributed by atoms with Gasteiger partial charge in [0.1, 0.15) is 28.3 Å². The van der Waals surface area contributed by atoms with E-state index in [9.17, 15) is 22.8 Å². The van der Waals surface area contributed by atoms with E-state index < -0.39 is 16.1 Å². The van der Waals surface area contributed by atoms with Crippen molar-refractivity contribution in [1.82, 2.24) is 30.0 Å². The maximum Gasteiger partial charge on any atom is 0.255 e. The van der Waals surface area contributed by atoms with Crippen LogP contribution in [0.3, 0.4) is 0 Å². The zero-order chi connectivity index (χ0) is 45.8. The summed E-state index contributed by atoms with van der Waals surface area (Å²) in [6.07, 6.45) is 6.99. The number of aromatic nitrogens is 2. The number of anilines is 6. The second-order valence-electron chi connectivity index (χ2n) is 16.9. The third kappa shape index (κ3) is 10.6. The number of rotatable bonds is 16. The van der Waals surface area contributed by atoms with Gasteiger partial charge in [-0.1, -0.05) is 36.7 Å². The van der Waals surface area contributed by atoms with E-state index in [0.717, 1.165) is 89.0 Å². The number of piperidine rings is 2. The molecule has 19 heteroatoms. The Hall–Kier alpha value is -5.69. The number of amides is 3. The number of benzene rings is 3. The number of fused-ring (bicyclic) bond motifs is 1. The van der Waals surface area contributed by atoms with Crippen LogP contribution in [0.2, 0.25) is 5.02 Å². The van der Waals surface area contributed by atoms with Crippen LogP contribution in [0.1, 0.15) is 66.6 Å². The average Bonchev–Trinajstić information content (AvgIpc) is 3.62. The fourth-order valence-electron chi connectivity index (χ4n) is 9.32. The van der Waals surface area contributed by atoms with Crippen molar-refractivity contribution >= 4 is 73.9 Å². The zero-order valence-electron chi connectivity index (χ0n) is 37.3. The molecule has 4 N–H and O–H groups in total. The lowest BCUT2D eigenvalue weighted by atomic mass is 9.99. The van der Waals surface area contributed by atoms with Crippen LogP contribution in [0.4, 0.5) is 34.5 Å². The van der Waals surface area contributed by atoms with Gasteiger partial charge in [-0.3, -0.25) is 29.3 Å². The minimum atomic E-state index is -3.63. The van der Waals surface area contributed by atoms with E-state index >= 15 is 0 Å². The van der Waals surface area contributed by atoms with Crippen molar-refractivity contribution in [2.75, 3.05) is 86.0 Å². The number of carbonyl (C=O) groups excluding carboxylic acids is 3. The van der Waals surface area contributed by atoms with Crippen LogP contribution in [-0.4, -0.2) is 129 Å². The lowest BCUT2D eigenvalue weighted by molar-refractivity contribution is -0.136. The van der Waals surface area contributed by atoms with Gasteiger partial charge >= 0.3 is 0 Å². The maximum atomic E-state index is 13.1. The van der Waals surface area contributed by atoms with Crippen molar-refractivity contribution in [2.24, 2.45) is 0 Å². The Bertz CT molecular complexity index is 2550. The summed E-state index contributed by atoms with van der Waals surface area (Å²) in [5.74, 6) is 0.733. The molecule has 8 rings (SSSR count). The molecule has 0 saturated carbocycles. The van der Waals surface area contributed by atoms with E-state index in [1.54, 1.807) is 30.2 Å². The lowest BCUT2D eigenvalue weighted by Crippen LogP contribution is -2.53. The number of imide groups is 1. The molecule has 0 aliphatic carbocycles. The fourth-order valence-corrected chi connectivity index (χ4v) is 10.0. The van der Waals surface area contributed by atoms with Crippen LogP contribution in [0.5, 0.6) is 11.5 Å². The molecule has 3 saturated heterocycles. The first-order valence-corrected chi connectivity index (χ1v) is 24.6. The largest absolute Gasteiger partial charge is 0.494 e. The molecule has 3 fully saturated rings. The Morgan fingerprint density at radius 3 is 2.42 bits per heavy atom. The van der Waals surface area contributed by atoms with Gasteiger partial charge in [0.25, 0.3) is 5.91 Å². The highest BCUT2D eigenvalue weighted by Gasteiger charge is 2.39. The highest BCUT2D eigenvalue weighted by Crippen LogP contribution is 2.39. The van der Waals surface area contributed by atoms with Crippen LogP contribution in [0.25, 0.3) is 0 Å². The summed E-state index contributed by atoms with van der Waals surface area (Å²) in [4.78, 5) is 55.6. The highest BCUT2D eigenvalue weighted by molar-refractivity contribution is 7.92. The van der Waals surface area contributed by atoms with E-state index in [1.165, 1.54) is 17.3 Å². The number of hydrogen-bond acceptors (Lipinski definition) is 14. The van der Waals surface area contributed by atoms with Crippen LogP contribution < -0.4 is 35.0 Å². The molecule has 1 atom stereocenters. The lowest BCUT2D eigenvalue weighted by Gasteiger charge is -2.43. The molecule has 4 aliphatic heterocycles. The number of sulfonamides is 1. The monoisotopic (exact) mass is 928 g/mol. The Kier molecular flexibility index (Phi) is 14.0. The molecule has 4 aliphatic rings. The number of aryl methyl sites for hydroxylation is 1. The second kappa shape index (κ2) is 19.8. The van der Waals surface area contributed by atoms with Gasteiger partial charge in [-0.05, 0) is 80.0 Å². The SMILES string of the molecule is CCOc1cccc(Nc2nc(Nc3cc(CC)c(N4CCC(N5CCN(CCc6ccc7c(c6)CN(C6CCC(=O)NC6=O)C7=O)CC5)CC4)cc3OC)ncc2Cl)c1NS(C)(=O)=O. The molecule has 3 aromatic carbocycles. The van der Waals surface area contributed by atoms with E-state index in [1.807, 2.05) is 19.1 Å². The molecule has 4 aromatic rings. The third-order valence-electron chi connectivity index (χ3n) is 12.7. The minimum Gasteiger partial charge on any atom is -0.494 e. The third-order valence-corrected chi connectivity index (χ3v) is 13.5. The van der Waals surface area contributed by atoms with E-state index in [0.29, 0.717) is 54.1 Å². The van der Waals surface area contributed by atoms with Crippen LogP contribution >= 0.6 is 11.6 Å². The molecule has 5 heterocycles. The van der Waals surface area contributed by atoms with Gasteiger partial charge in [0.15, 0.2) is 5.82 Å². The number of nitrogens with one attached hydrogen (secondary N) is 4. The van der Waals surface area contributed by atoms with Crippen LogP contribution in [0, 0.1) is 0 Å². The Labute approximate surface area is 385 Å². The van der Waals surface area contributed by atoms with E-state index in [-0.39, 0.29) is 46.6 Å². The van der Waals surface area contributed by atoms with Gasteiger partial charge in [-0.2, -0.15) is 4.98 Å². The average molecular weight is 930 g/mol. The van der Waals surface area contributed by atoms with E-state index in [4.69, 9.17) is 21.1 Å². The number of piperazine rings is 1. The topological polar surface area (TPSA) is 191 Å². The molecule has 1 aromatic heterocycles. The predicted octanol–water partition coefficient (Wildman–Crippen LogP) is 5.55. The normalized spacial score (nSPS) is 18.7. The quantitative estimate of drug-likeness (QED) is 0.102.